The number of halogens is 1. The van der Waals surface area contributed by atoms with Crippen molar-refractivity contribution in [2.24, 2.45) is 5.92 Å². The summed E-state index contributed by atoms with van der Waals surface area (Å²) in [4.78, 5) is 22.4. The van der Waals surface area contributed by atoms with Gasteiger partial charge in [0.15, 0.2) is 0 Å². The highest BCUT2D eigenvalue weighted by molar-refractivity contribution is 7.14. The molecular weight excluding hydrogens is 484 g/mol. The van der Waals surface area contributed by atoms with Crippen molar-refractivity contribution in [2.45, 2.75) is 39.2 Å². The Morgan fingerprint density at radius 1 is 1.29 bits per heavy atom. The normalized spacial score (nSPS) is 18.0. The van der Waals surface area contributed by atoms with E-state index in [0.29, 0.717) is 28.3 Å². The largest absolute Gasteiger partial charge is 0.493 e. The summed E-state index contributed by atoms with van der Waals surface area (Å²) in [6.45, 7) is 11.1. The lowest BCUT2D eigenvalue weighted by molar-refractivity contribution is -0.121. The number of likely N-dealkylation sites (N-methyl/N-ethyl adjacent to an activating group) is 1. The molecule has 0 bridgehead atoms. The van der Waals surface area contributed by atoms with Crippen LogP contribution in [0.5, 0.6) is 16.7 Å². The first kappa shape index (κ1) is 25.9. The van der Waals surface area contributed by atoms with E-state index in [2.05, 4.69) is 27.0 Å². The van der Waals surface area contributed by atoms with Crippen molar-refractivity contribution in [3.63, 3.8) is 0 Å². The maximum atomic E-state index is 12.3. The number of piperazine rings is 1. The summed E-state index contributed by atoms with van der Waals surface area (Å²) in [6, 6.07) is 5.39. The van der Waals surface area contributed by atoms with Crippen LogP contribution in [0.1, 0.15) is 38.0 Å². The first-order valence-corrected chi connectivity index (χ1v) is 13.7. The smallest absolute Gasteiger partial charge is 0.279 e. The SMILES string of the molecule is CCN1CCN(CCC(=O)N[C@@H](C)C=Cc2cnc(Oc3ccc(OCC4CC4)cc3Cl)s2)CC1. The maximum Gasteiger partial charge on any atom is 0.279 e. The molecule has 1 amide bonds. The lowest BCUT2D eigenvalue weighted by atomic mass is 10.2. The van der Waals surface area contributed by atoms with Crippen LogP contribution in [0.3, 0.4) is 0 Å². The fourth-order valence-corrected chi connectivity index (χ4v) is 4.74. The molecule has 2 heterocycles. The van der Waals surface area contributed by atoms with E-state index >= 15 is 0 Å². The third kappa shape index (κ3) is 8.49. The molecule has 190 valence electrons. The number of rotatable bonds is 12. The van der Waals surface area contributed by atoms with Crippen LogP contribution in [-0.4, -0.2) is 72.6 Å². The molecule has 1 N–H and O–H groups in total. The van der Waals surface area contributed by atoms with Gasteiger partial charge in [0.05, 0.1) is 16.5 Å². The zero-order chi connectivity index (χ0) is 24.6. The van der Waals surface area contributed by atoms with Gasteiger partial charge in [-0.1, -0.05) is 35.9 Å². The van der Waals surface area contributed by atoms with Crippen molar-refractivity contribution in [1.82, 2.24) is 20.1 Å². The molecule has 0 spiro atoms. The van der Waals surface area contributed by atoms with E-state index in [1.807, 2.05) is 31.2 Å². The van der Waals surface area contributed by atoms with Crippen LogP contribution in [0.2, 0.25) is 5.02 Å². The van der Waals surface area contributed by atoms with Crippen molar-refractivity contribution in [1.29, 1.82) is 0 Å². The van der Waals surface area contributed by atoms with Crippen LogP contribution >= 0.6 is 22.9 Å². The number of nitrogens with one attached hydrogen (secondary N) is 1. The van der Waals surface area contributed by atoms with E-state index < -0.39 is 0 Å². The van der Waals surface area contributed by atoms with Crippen molar-refractivity contribution in [3.05, 3.63) is 40.4 Å². The summed E-state index contributed by atoms with van der Waals surface area (Å²) < 4.78 is 11.6. The van der Waals surface area contributed by atoms with Gasteiger partial charge in [-0.3, -0.25) is 4.79 Å². The molecule has 9 heteroatoms. The van der Waals surface area contributed by atoms with Crippen LogP contribution in [0.15, 0.2) is 30.5 Å². The minimum atomic E-state index is -0.0662. The van der Waals surface area contributed by atoms with Crippen LogP contribution in [0, 0.1) is 5.92 Å². The Hall–Kier alpha value is -2.13. The molecule has 2 aliphatic rings. The van der Waals surface area contributed by atoms with Gasteiger partial charge in [0, 0.05) is 57.4 Å². The average molecular weight is 519 g/mol. The van der Waals surface area contributed by atoms with Gasteiger partial charge in [0.25, 0.3) is 5.19 Å². The highest BCUT2D eigenvalue weighted by Crippen LogP contribution is 2.35. The number of nitrogens with zero attached hydrogens (tertiary/aromatic N) is 3. The number of ether oxygens (including phenoxy) is 2. The van der Waals surface area contributed by atoms with E-state index in [-0.39, 0.29) is 11.9 Å². The van der Waals surface area contributed by atoms with Gasteiger partial charge in [0.2, 0.25) is 5.91 Å². The fourth-order valence-electron chi connectivity index (χ4n) is 3.84. The Bertz CT molecular complexity index is 1000. The number of hydrogen-bond acceptors (Lipinski definition) is 7. The van der Waals surface area contributed by atoms with Crippen LogP contribution in [-0.2, 0) is 4.79 Å². The standard InChI is InChI=1S/C26H35ClN4O3S/c1-3-30-12-14-31(15-13-30)11-10-25(32)29-19(2)4-8-22-17-28-26(35-22)34-24-9-7-21(16-23(24)27)33-18-20-5-6-20/h4,7-9,16-17,19-20H,3,5-6,10-15,18H2,1-2H3,(H,29,32)/t19-/m0/s1. The summed E-state index contributed by atoms with van der Waals surface area (Å²) in [5.74, 6) is 2.07. The van der Waals surface area contributed by atoms with Gasteiger partial charge in [-0.05, 0) is 50.4 Å². The molecule has 1 saturated carbocycles. The first-order valence-electron chi connectivity index (χ1n) is 12.5. The molecule has 4 rings (SSSR count). The summed E-state index contributed by atoms with van der Waals surface area (Å²) in [5, 5.41) is 4.06. The van der Waals surface area contributed by atoms with Gasteiger partial charge < -0.3 is 24.6 Å². The topological polar surface area (TPSA) is 66.9 Å². The molecule has 0 radical (unpaired) electrons. The van der Waals surface area contributed by atoms with Gasteiger partial charge in [-0.2, -0.15) is 0 Å². The molecular formula is C26H35ClN4O3S. The number of thiazole rings is 1. The van der Waals surface area contributed by atoms with E-state index in [0.717, 1.165) is 56.5 Å². The summed E-state index contributed by atoms with van der Waals surface area (Å²) in [6.07, 6.45) is 8.69. The van der Waals surface area contributed by atoms with E-state index in [4.69, 9.17) is 21.1 Å². The van der Waals surface area contributed by atoms with Crippen molar-refractivity contribution in [2.75, 3.05) is 45.9 Å². The number of aromatic nitrogens is 1. The monoisotopic (exact) mass is 518 g/mol. The zero-order valence-corrected chi connectivity index (χ0v) is 22.1. The molecule has 1 aliphatic heterocycles. The number of carbonyl (C=O) groups excluding carboxylic acids is 1. The molecule has 1 atom stereocenters. The molecule has 2 fully saturated rings. The number of benzene rings is 1. The minimum absolute atomic E-state index is 0.0662. The van der Waals surface area contributed by atoms with Crippen molar-refractivity contribution >= 4 is 34.9 Å². The first-order chi connectivity index (χ1) is 17.0. The Morgan fingerprint density at radius 3 is 2.77 bits per heavy atom. The summed E-state index contributed by atoms with van der Waals surface area (Å²) >= 11 is 7.79. The quantitative estimate of drug-likeness (QED) is 0.430. The summed E-state index contributed by atoms with van der Waals surface area (Å²) in [7, 11) is 0. The summed E-state index contributed by atoms with van der Waals surface area (Å²) in [5.41, 5.74) is 0. The minimum Gasteiger partial charge on any atom is -0.493 e. The van der Waals surface area contributed by atoms with Crippen molar-refractivity contribution in [3.8, 4) is 16.7 Å². The molecule has 1 saturated heterocycles. The van der Waals surface area contributed by atoms with E-state index in [1.165, 1.54) is 24.2 Å². The van der Waals surface area contributed by atoms with Crippen LogP contribution in [0.25, 0.3) is 6.08 Å². The third-order valence-corrected chi connectivity index (χ3v) is 7.43. The Kier molecular flexibility index (Phi) is 9.43. The molecule has 2 aromatic rings. The molecule has 35 heavy (non-hydrogen) atoms. The Morgan fingerprint density at radius 2 is 2.06 bits per heavy atom. The second kappa shape index (κ2) is 12.7. The van der Waals surface area contributed by atoms with Crippen molar-refractivity contribution < 1.29 is 14.3 Å². The highest BCUT2D eigenvalue weighted by Gasteiger charge is 2.22. The molecule has 7 nitrogen and oxygen atoms in total. The molecule has 1 aliphatic carbocycles. The lowest BCUT2D eigenvalue weighted by Crippen LogP contribution is -2.47. The number of carbonyl (C=O) groups is 1. The maximum absolute atomic E-state index is 12.3. The van der Waals surface area contributed by atoms with Crippen LogP contribution in [0.4, 0.5) is 0 Å². The number of amides is 1. The molecule has 1 aromatic carbocycles. The second-order valence-electron chi connectivity index (χ2n) is 9.22. The lowest BCUT2D eigenvalue weighted by Gasteiger charge is -2.33. The number of hydrogen-bond donors (Lipinski definition) is 1. The van der Waals surface area contributed by atoms with Gasteiger partial charge in [-0.25, -0.2) is 4.98 Å². The van der Waals surface area contributed by atoms with Gasteiger partial charge in [0.1, 0.15) is 11.5 Å². The highest BCUT2D eigenvalue weighted by atomic mass is 35.5. The van der Waals surface area contributed by atoms with E-state index in [1.54, 1.807) is 12.3 Å². The van der Waals surface area contributed by atoms with Gasteiger partial charge >= 0.3 is 0 Å². The second-order valence-corrected chi connectivity index (χ2v) is 10.7. The predicted molar refractivity (Wildman–Crippen MR) is 142 cm³/mol. The Balaban J connectivity index is 1.19. The average Bonchev–Trinajstić information content (AvgIpc) is 3.59. The third-order valence-electron chi connectivity index (χ3n) is 6.29. The van der Waals surface area contributed by atoms with Gasteiger partial charge in [-0.15, -0.1) is 0 Å². The predicted octanol–water partition coefficient (Wildman–Crippen LogP) is 4.92. The zero-order valence-electron chi connectivity index (χ0n) is 20.5. The fraction of sp³-hybridized carbons (Fsp3) is 0.538. The van der Waals surface area contributed by atoms with E-state index in [9.17, 15) is 4.79 Å². The molecule has 0 unspecified atom stereocenters. The Labute approximate surface area is 217 Å². The molecule has 1 aromatic heterocycles. The van der Waals surface area contributed by atoms with Crippen LogP contribution < -0.4 is 14.8 Å².